The summed E-state index contributed by atoms with van der Waals surface area (Å²) in [5.74, 6) is -4.11. The van der Waals surface area contributed by atoms with Crippen LogP contribution in [-0.4, -0.2) is 76.3 Å². The van der Waals surface area contributed by atoms with Crippen molar-refractivity contribution in [2.75, 3.05) is 12.4 Å². The van der Waals surface area contributed by atoms with Gasteiger partial charge in [0.15, 0.2) is 11.6 Å². The summed E-state index contributed by atoms with van der Waals surface area (Å²) in [5.41, 5.74) is -0.661. The summed E-state index contributed by atoms with van der Waals surface area (Å²) >= 11 is 5.68. The molecule has 0 aliphatic carbocycles. The van der Waals surface area contributed by atoms with Crippen molar-refractivity contribution in [3.8, 4) is 0 Å². The van der Waals surface area contributed by atoms with Gasteiger partial charge in [0.05, 0.1) is 24.4 Å². The molecule has 216 valence electrons. The van der Waals surface area contributed by atoms with Crippen molar-refractivity contribution in [1.29, 1.82) is 0 Å². The average Bonchev–Trinajstić information content (AvgIpc) is 3.29. The van der Waals surface area contributed by atoms with Crippen LogP contribution in [0, 0.1) is 17.8 Å². The van der Waals surface area contributed by atoms with Gasteiger partial charge in [-0.15, -0.1) is 11.6 Å². The number of ketones is 2. The Labute approximate surface area is 230 Å². The molecule has 1 heterocycles. The summed E-state index contributed by atoms with van der Waals surface area (Å²) in [7, 11) is 0. The van der Waals surface area contributed by atoms with Gasteiger partial charge in [-0.05, 0) is 46.5 Å². The molecule has 1 rings (SSSR count). The molecule has 0 radical (unpaired) electrons. The zero-order chi connectivity index (χ0) is 29.4. The molecule has 38 heavy (non-hydrogen) atoms. The number of alkyl halides is 1. The van der Waals surface area contributed by atoms with Crippen LogP contribution in [0.3, 0.4) is 0 Å². The van der Waals surface area contributed by atoms with Gasteiger partial charge in [0.1, 0.15) is 11.6 Å². The first kappa shape index (κ1) is 33.5. The zero-order valence-corrected chi connectivity index (χ0v) is 24.6. The second-order valence-electron chi connectivity index (χ2n) is 11.5. The van der Waals surface area contributed by atoms with E-state index in [0.29, 0.717) is 19.4 Å². The topological polar surface area (TPSA) is 139 Å². The Morgan fingerprint density at radius 3 is 2.05 bits per heavy atom. The molecule has 11 heteroatoms. The summed E-state index contributed by atoms with van der Waals surface area (Å²) in [5, 5.41) is 5.34. The van der Waals surface area contributed by atoms with Crippen molar-refractivity contribution < 1.29 is 33.5 Å². The number of likely N-dealkylation sites (tertiary alicyclic amines) is 1. The van der Waals surface area contributed by atoms with Crippen LogP contribution < -0.4 is 10.6 Å². The molecule has 10 nitrogen and oxygen atoms in total. The van der Waals surface area contributed by atoms with Crippen molar-refractivity contribution in [2.24, 2.45) is 17.8 Å². The molecule has 1 saturated heterocycles. The highest BCUT2D eigenvalue weighted by Gasteiger charge is 2.38. The lowest BCUT2D eigenvalue weighted by molar-refractivity contribution is -0.157. The number of nitrogens with zero attached hydrogens (tertiary/aromatic N) is 1. The summed E-state index contributed by atoms with van der Waals surface area (Å²) in [6.45, 7) is 13.9. The van der Waals surface area contributed by atoms with E-state index >= 15 is 0 Å². The Kier molecular flexibility index (Phi) is 12.9. The lowest BCUT2D eigenvalue weighted by Crippen LogP contribution is -2.53. The number of rotatable bonds is 13. The van der Waals surface area contributed by atoms with Gasteiger partial charge in [0, 0.05) is 24.8 Å². The van der Waals surface area contributed by atoms with Gasteiger partial charge >= 0.3 is 5.97 Å². The molecule has 0 spiro atoms. The van der Waals surface area contributed by atoms with Crippen molar-refractivity contribution in [1.82, 2.24) is 15.5 Å². The highest BCUT2D eigenvalue weighted by atomic mass is 35.5. The van der Waals surface area contributed by atoms with Crippen LogP contribution in [0.4, 0.5) is 0 Å². The maximum atomic E-state index is 13.2. The Morgan fingerprint density at radius 1 is 0.921 bits per heavy atom. The molecule has 1 aliphatic rings. The van der Waals surface area contributed by atoms with Crippen LogP contribution in [0.1, 0.15) is 81.1 Å². The Balaban J connectivity index is 2.70. The zero-order valence-electron chi connectivity index (χ0n) is 23.9. The molecular formula is C27H44ClN3O7. The highest BCUT2D eigenvalue weighted by Crippen LogP contribution is 2.22. The van der Waals surface area contributed by atoms with Crippen molar-refractivity contribution in [3.05, 3.63) is 0 Å². The number of esters is 1. The Bertz CT molecular complexity index is 900. The minimum Gasteiger partial charge on any atom is -0.460 e. The fourth-order valence-electron chi connectivity index (χ4n) is 4.27. The molecule has 5 atom stereocenters. The number of amides is 3. The predicted octanol–water partition coefficient (Wildman–Crippen LogP) is 2.39. The van der Waals surface area contributed by atoms with E-state index in [2.05, 4.69) is 10.6 Å². The van der Waals surface area contributed by atoms with E-state index in [4.69, 9.17) is 16.3 Å². The number of carbonyl (C=O) groups excluding carboxylic acids is 6. The SMILES string of the molecule is CC(C)C(NC(=O)[C@@H]1CCCN1C(=O)[C@H](C)CC(=O)[C@@H](C)NC(=O)[C@H](C)CC(=O)OC(C)(C)C)C(=O)CCl. The van der Waals surface area contributed by atoms with E-state index in [9.17, 15) is 28.8 Å². The van der Waals surface area contributed by atoms with E-state index in [-0.39, 0.29) is 42.1 Å². The van der Waals surface area contributed by atoms with Gasteiger partial charge in [-0.25, -0.2) is 0 Å². The van der Waals surface area contributed by atoms with Crippen LogP contribution in [0.15, 0.2) is 0 Å². The number of hydrogen-bond acceptors (Lipinski definition) is 7. The number of carbonyl (C=O) groups is 6. The van der Waals surface area contributed by atoms with Crippen LogP contribution in [-0.2, 0) is 33.5 Å². The molecule has 0 aromatic carbocycles. The van der Waals surface area contributed by atoms with Gasteiger partial charge in [0.25, 0.3) is 0 Å². The smallest absolute Gasteiger partial charge is 0.307 e. The van der Waals surface area contributed by atoms with E-state index < -0.39 is 53.3 Å². The number of Topliss-reactive ketones (excluding diaryl/α,β-unsaturated/α-hetero) is 2. The molecule has 2 N–H and O–H groups in total. The fraction of sp³-hybridized carbons (Fsp3) is 0.778. The summed E-state index contributed by atoms with van der Waals surface area (Å²) in [6.07, 6.45) is 0.846. The summed E-state index contributed by atoms with van der Waals surface area (Å²) < 4.78 is 5.24. The summed E-state index contributed by atoms with van der Waals surface area (Å²) in [4.78, 5) is 76.9. The molecule has 1 unspecified atom stereocenters. The Morgan fingerprint density at radius 2 is 1.53 bits per heavy atom. The second-order valence-corrected chi connectivity index (χ2v) is 11.8. The molecule has 0 saturated carbocycles. The van der Waals surface area contributed by atoms with Gasteiger partial charge in [0.2, 0.25) is 17.7 Å². The molecule has 0 aromatic rings. The van der Waals surface area contributed by atoms with E-state index in [1.54, 1.807) is 48.5 Å². The standard InChI is InChI=1S/C27H44ClN3O7/c1-15(2)23(21(33)14-28)30-25(36)19-10-9-11-31(19)26(37)17(4)12-20(32)18(5)29-24(35)16(3)13-22(34)38-27(6,7)8/h15-19,23H,9-14H2,1-8H3,(H,29,35)(H,30,36)/t16-,17-,18-,19+,23?/m1/s1. The van der Waals surface area contributed by atoms with Crippen LogP contribution in [0.25, 0.3) is 0 Å². The van der Waals surface area contributed by atoms with Gasteiger partial charge in [-0.2, -0.15) is 0 Å². The van der Waals surface area contributed by atoms with E-state index in [1.165, 1.54) is 11.8 Å². The maximum absolute atomic E-state index is 13.2. The maximum Gasteiger partial charge on any atom is 0.307 e. The first-order valence-corrected chi connectivity index (χ1v) is 13.8. The van der Waals surface area contributed by atoms with Crippen molar-refractivity contribution >= 4 is 46.9 Å². The lowest BCUT2D eigenvalue weighted by Gasteiger charge is -2.29. The minimum absolute atomic E-state index is 0.120. The quantitative estimate of drug-likeness (QED) is 0.262. The van der Waals surface area contributed by atoms with Crippen LogP contribution in [0.2, 0.25) is 0 Å². The first-order chi connectivity index (χ1) is 17.5. The van der Waals surface area contributed by atoms with Crippen LogP contribution >= 0.6 is 11.6 Å². The van der Waals surface area contributed by atoms with E-state index in [1.807, 2.05) is 0 Å². The molecule has 3 amide bonds. The predicted molar refractivity (Wildman–Crippen MR) is 143 cm³/mol. The number of nitrogens with one attached hydrogen (secondary N) is 2. The fourth-order valence-corrected chi connectivity index (χ4v) is 4.43. The lowest BCUT2D eigenvalue weighted by atomic mass is 9.98. The Hall–Kier alpha value is -2.49. The van der Waals surface area contributed by atoms with Crippen molar-refractivity contribution in [3.63, 3.8) is 0 Å². The first-order valence-electron chi connectivity index (χ1n) is 13.2. The van der Waals surface area contributed by atoms with Crippen LogP contribution in [0.5, 0.6) is 0 Å². The molecular weight excluding hydrogens is 514 g/mol. The highest BCUT2D eigenvalue weighted by molar-refractivity contribution is 6.28. The van der Waals surface area contributed by atoms with Crippen molar-refractivity contribution in [2.45, 2.75) is 105 Å². The molecule has 1 aliphatic heterocycles. The number of hydrogen-bond donors (Lipinski definition) is 2. The largest absolute Gasteiger partial charge is 0.460 e. The third-order valence-electron chi connectivity index (χ3n) is 6.39. The normalized spacial score (nSPS) is 18.8. The van der Waals surface area contributed by atoms with Gasteiger partial charge < -0.3 is 20.3 Å². The third kappa shape index (κ3) is 10.3. The van der Waals surface area contributed by atoms with Gasteiger partial charge in [-0.3, -0.25) is 28.8 Å². The second kappa shape index (κ2) is 14.6. The number of ether oxygens (including phenoxy) is 1. The summed E-state index contributed by atoms with van der Waals surface area (Å²) in [6, 6.07) is -2.32. The molecule has 0 aromatic heterocycles. The average molecular weight is 558 g/mol. The third-order valence-corrected chi connectivity index (χ3v) is 6.66. The van der Waals surface area contributed by atoms with E-state index in [0.717, 1.165) is 0 Å². The molecule has 0 bridgehead atoms. The monoisotopic (exact) mass is 557 g/mol. The molecule has 1 fully saturated rings. The van der Waals surface area contributed by atoms with Gasteiger partial charge in [-0.1, -0.05) is 27.7 Å². The number of halogens is 1. The minimum atomic E-state index is -0.857.